The number of para-hydroxylation sites is 1. The van der Waals surface area contributed by atoms with Gasteiger partial charge in [0.15, 0.2) is 0 Å². The lowest BCUT2D eigenvalue weighted by atomic mass is 10.1. The molecule has 1 amide bonds. The van der Waals surface area contributed by atoms with Gasteiger partial charge >= 0.3 is 0 Å². The molecule has 0 saturated carbocycles. The van der Waals surface area contributed by atoms with Crippen molar-refractivity contribution in [2.24, 2.45) is 0 Å². The Bertz CT molecular complexity index is 596. The quantitative estimate of drug-likeness (QED) is 0.901. The van der Waals surface area contributed by atoms with Crippen molar-refractivity contribution in [2.75, 3.05) is 19.7 Å². The zero-order valence-electron chi connectivity index (χ0n) is 12.5. The lowest BCUT2D eigenvalue weighted by molar-refractivity contribution is -0.128. The summed E-state index contributed by atoms with van der Waals surface area (Å²) in [5.74, 6) is 0.871. The van der Waals surface area contributed by atoms with E-state index in [1.807, 2.05) is 37.3 Å². The SMILES string of the molecule is C[C@H]1OCCN[C@@H]1C(=O)NCCc1cc2ccccc2o1.Cl. The molecular formula is C16H21ClN2O3. The number of ether oxygens (including phenoxy) is 1. The van der Waals surface area contributed by atoms with Crippen molar-refractivity contribution in [2.45, 2.75) is 25.5 Å². The summed E-state index contributed by atoms with van der Waals surface area (Å²) in [4.78, 5) is 12.1. The summed E-state index contributed by atoms with van der Waals surface area (Å²) in [6, 6.07) is 9.65. The van der Waals surface area contributed by atoms with Crippen molar-refractivity contribution in [3.05, 3.63) is 36.1 Å². The van der Waals surface area contributed by atoms with Crippen molar-refractivity contribution in [1.29, 1.82) is 0 Å². The third-order valence-corrected chi connectivity index (χ3v) is 3.75. The maximum absolute atomic E-state index is 12.1. The fraction of sp³-hybridized carbons (Fsp3) is 0.438. The van der Waals surface area contributed by atoms with Gasteiger partial charge in [-0.05, 0) is 19.1 Å². The summed E-state index contributed by atoms with van der Waals surface area (Å²) in [5.41, 5.74) is 0.884. The first-order chi connectivity index (χ1) is 10.2. The second-order valence-electron chi connectivity index (χ2n) is 5.30. The molecule has 22 heavy (non-hydrogen) atoms. The molecule has 2 aromatic rings. The van der Waals surface area contributed by atoms with Crippen LogP contribution in [0, 0.1) is 0 Å². The molecule has 2 heterocycles. The molecule has 6 heteroatoms. The molecule has 0 spiro atoms. The van der Waals surface area contributed by atoms with Crippen molar-refractivity contribution in [1.82, 2.24) is 10.6 Å². The number of nitrogens with one attached hydrogen (secondary N) is 2. The van der Waals surface area contributed by atoms with Gasteiger partial charge < -0.3 is 19.8 Å². The van der Waals surface area contributed by atoms with Crippen molar-refractivity contribution in [3.63, 3.8) is 0 Å². The van der Waals surface area contributed by atoms with Crippen molar-refractivity contribution in [3.8, 4) is 0 Å². The van der Waals surface area contributed by atoms with Gasteiger partial charge in [-0.2, -0.15) is 0 Å². The van der Waals surface area contributed by atoms with E-state index >= 15 is 0 Å². The smallest absolute Gasteiger partial charge is 0.239 e. The maximum Gasteiger partial charge on any atom is 0.239 e. The number of hydrogen-bond acceptors (Lipinski definition) is 4. The van der Waals surface area contributed by atoms with Crippen LogP contribution in [0.4, 0.5) is 0 Å². The fourth-order valence-corrected chi connectivity index (χ4v) is 2.61. The average molecular weight is 325 g/mol. The zero-order valence-corrected chi connectivity index (χ0v) is 13.3. The number of amides is 1. The Morgan fingerprint density at radius 2 is 2.23 bits per heavy atom. The molecule has 1 aliphatic rings. The van der Waals surface area contributed by atoms with E-state index in [1.165, 1.54) is 0 Å². The predicted molar refractivity (Wildman–Crippen MR) is 87.4 cm³/mol. The first-order valence-corrected chi connectivity index (χ1v) is 7.34. The second-order valence-corrected chi connectivity index (χ2v) is 5.30. The average Bonchev–Trinajstić information content (AvgIpc) is 2.90. The number of fused-ring (bicyclic) bond motifs is 1. The molecule has 2 atom stereocenters. The number of morpholine rings is 1. The van der Waals surface area contributed by atoms with Gasteiger partial charge in [0.25, 0.3) is 0 Å². The highest BCUT2D eigenvalue weighted by atomic mass is 35.5. The minimum atomic E-state index is -0.269. The molecule has 1 aliphatic heterocycles. The molecule has 1 aromatic heterocycles. The number of carbonyl (C=O) groups excluding carboxylic acids is 1. The minimum Gasteiger partial charge on any atom is -0.461 e. The highest BCUT2D eigenvalue weighted by Gasteiger charge is 2.27. The van der Waals surface area contributed by atoms with Crippen LogP contribution >= 0.6 is 12.4 Å². The topological polar surface area (TPSA) is 63.5 Å². The zero-order chi connectivity index (χ0) is 14.7. The van der Waals surface area contributed by atoms with E-state index in [0.717, 1.165) is 16.7 Å². The number of hydrogen-bond donors (Lipinski definition) is 2. The Labute approximate surface area is 135 Å². The van der Waals surface area contributed by atoms with E-state index in [-0.39, 0.29) is 30.5 Å². The summed E-state index contributed by atoms with van der Waals surface area (Å²) in [6.07, 6.45) is 0.590. The van der Waals surface area contributed by atoms with Gasteiger partial charge in [0, 0.05) is 24.9 Å². The Morgan fingerprint density at radius 1 is 1.41 bits per heavy atom. The fourth-order valence-electron chi connectivity index (χ4n) is 2.61. The third kappa shape index (κ3) is 3.80. The number of carbonyl (C=O) groups is 1. The van der Waals surface area contributed by atoms with Gasteiger partial charge in [0.2, 0.25) is 5.91 Å². The first-order valence-electron chi connectivity index (χ1n) is 7.34. The van der Waals surface area contributed by atoms with Gasteiger partial charge in [-0.25, -0.2) is 0 Å². The molecule has 0 radical (unpaired) electrons. The molecule has 1 saturated heterocycles. The van der Waals surface area contributed by atoms with Crippen LogP contribution in [-0.2, 0) is 16.0 Å². The van der Waals surface area contributed by atoms with Gasteiger partial charge in [-0.1, -0.05) is 18.2 Å². The Balaban J connectivity index is 0.00000176. The summed E-state index contributed by atoms with van der Waals surface area (Å²) in [7, 11) is 0. The molecule has 120 valence electrons. The van der Waals surface area contributed by atoms with E-state index in [0.29, 0.717) is 26.1 Å². The number of rotatable bonds is 4. The van der Waals surface area contributed by atoms with Crippen LogP contribution in [0.1, 0.15) is 12.7 Å². The summed E-state index contributed by atoms with van der Waals surface area (Å²) in [6.45, 7) is 3.84. The van der Waals surface area contributed by atoms with Gasteiger partial charge in [0.1, 0.15) is 17.4 Å². The van der Waals surface area contributed by atoms with E-state index in [1.54, 1.807) is 0 Å². The second kappa shape index (κ2) is 7.63. The van der Waals surface area contributed by atoms with Gasteiger partial charge in [-0.15, -0.1) is 12.4 Å². The molecule has 1 aromatic carbocycles. The summed E-state index contributed by atoms with van der Waals surface area (Å²) < 4.78 is 11.2. The van der Waals surface area contributed by atoms with Crippen LogP contribution in [0.2, 0.25) is 0 Å². The molecule has 2 N–H and O–H groups in total. The van der Waals surface area contributed by atoms with Crippen LogP contribution in [0.25, 0.3) is 11.0 Å². The number of halogens is 1. The molecule has 0 unspecified atom stereocenters. The standard InChI is InChI=1S/C16H20N2O3.ClH/c1-11-15(17-8-9-20-11)16(19)18-7-6-13-10-12-4-2-3-5-14(12)21-13;/h2-5,10-11,15,17H,6-9H2,1H3,(H,18,19);1H/t11-,15+;/m1./s1. The van der Waals surface area contributed by atoms with E-state index in [9.17, 15) is 4.79 Å². The highest BCUT2D eigenvalue weighted by molar-refractivity contribution is 5.85. The number of benzene rings is 1. The normalized spacial score (nSPS) is 21.3. The lowest BCUT2D eigenvalue weighted by Gasteiger charge is -2.29. The molecule has 5 nitrogen and oxygen atoms in total. The Kier molecular flexibility index (Phi) is 5.83. The lowest BCUT2D eigenvalue weighted by Crippen LogP contribution is -2.55. The van der Waals surface area contributed by atoms with Crippen molar-refractivity contribution >= 4 is 29.3 Å². The Morgan fingerprint density at radius 3 is 3.00 bits per heavy atom. The van der Waals surface area contributed by atoms with Gasteiger partial charge in [-0.3, -0.25) is 4.79 Å². The minimum absolute atomic E-state index is 0. The van der Waals surface area contributed by atoms with Crippen LogP contribution in [-0.4, -0.2) is 37.7 Å². The van der Waals surface area contributed by atoms with Crippen LogP contribution < -0.4 is 10.6 Å². The summed E-state index contributed by atoms with van der Waals surface area (Å²) >= 11 is 0. The number of furan rings is 1. The monoisotopic (exact) mass is 324 g/mol. The van der Waals surface area contributed by atoms with Crippen LogP contribution in [0.3, 0.4) is 0 Å². The van der Waals surface area contributed by atoms with Gasteiger partial charge in [0.05, 0.1) is 12.7 Å². The molecule has 3 rings (SSSR count). The molecule has 1 fully saturated rings. The van der Waals surface area contributed by atoms with Crippen LogP contribution in [0.15, 0.2) is 34.7 Å². The largest absolute Gasteiger partial charge is 0.461 e. The predicted octanol–water partition coefficient (Wildman–Crippen LogP) is 1.89. The molecule has 0 aliphatic carbocycles. The molecule has 0 bridgehead atoms. The summed E-state index contributed by atoms with van der Waals surface area (Å²) in [5, 5.41) is 7.20. The van der Waals surface area contributed by atoms with E-state index in [2.05, 4.69) is 10.6 Å². The highest BCUT2D eigenvalue weighted by Crippen LogP contribution is 2.18. The first kappa shape index (κ1) is 16.8. The third-order valence-electron chi connectivity index (χ3n) is 3.75. The Hall–Kier alpha value is -1.56. The van der Waals surface area contributed by atoms with E-state index < -0.39 is 0 Å². The van der Waals surface area contributed by atoms with Crippen LogP contribution in [0.5, 0.6) is 0 Å². The van der Waals surface area contributed by atoms with Crippen molar-refractivity contribution < 1.29 is 13.9 Å². The maximum atomic E-state index is 12.1. The van der Waals surface area contributed by atoms with E-state index in [4.69, 9.17) is 9.15 Å². The molecular weight excluding hydrogens is 304 g/mol.